The molecule has 23 heavy (non-hydrogen) atoms. The number of rotatable bonds is 3. The van der Waals surface area contributed by atoms with Gasteiger partial charge < -0.3 is 9.80 Å². The SMILES string of the molecule is CC(C)C(=O)N1CCCN(CC(=O)N2[C@H](C)CCC[C@H]2C)CC1. The molecule has 5 nitrogen and oxygen atoms in total. The van der Waals surface area contributed by atoms with Crippen LogP contribution in [0, 0.1) is 5.92 Å². The summed E-state index contributed by atoms with van der Waals surface area (Å²) in [5.41, 5.74) is 0. The topological polar surface area (TPSA) is 43.9 Å². The molecule has 2 aliphatic heterocycles. The Morgan fingerprint density at radius 3 is 2.22 bits per heavy atom. The van der Waals surface area contributed by atoms with Crippen LogP contribution in [0.1, 0.15) is 53.4 Å². The van der Waals surface area contributed by atoms with Gasteiger partial charge in [0.25, 0.3) is 0 Å². The number of carbonyl (C=O) groups is 2. The molecule has 0 spiro atoms. The Morgan fingerprint density at radius 1 is 0.957 bits per heavy atom. The number of nitrogens with zero attached hydrogens (tertiary/aromatic N) is 3. The number of likely N-dealkylation sites (tertiary alicyclic amines) is 1. The van der Waals surface area contributed by atoms with Crippen molar-refractivity contribution in [2.24, 2.45) is 5.92 Å². The van der Waals surface area contributed by atoms with Crippen LogP contribution in [0.25, 0.3) is 0 Å². The Kier molecular flexibility index (Phi) is 6.45. The average Bonchev–Trinajstić information content (AvgIpc) is 2.71. The Morgan fingerprint density at radius 2 is 1.61 bits per heavy atom. The van der Waals surface area contributed by atoms with Gasteiger partial charge in [-0.05, 0) is 39.5 Å². The monoisotopic (exact) mass is 323 g/mol. The molecule has 2 rings (SSSR count). The van der Waals surface area contributed by atoms with E-state index in [0.29, 0.717) is 18.6 Å². The molecule has 0 N–H and O–H groups in total. The Hall–Kier alpha value is -1.10. The van der Waals surface area contributed by atoms with E-state index in [1.165, 1.54) is 6.42 Å². The van der Waals surface area contributed by atoms with Gasteiger partial charge in [0.15, 0.2) is 0 Å². The third-order valence-corrected chi connectivity index (χ3v) is 5.23. The zero-order valence-electron chi connectivity index (χ0n) is 15.3. The molecule has 0 aromatic heterocycles. The molecule has 0 aromatic carbocycles. The van der Waals surface area contributed by atoms with Crippen LogP contribution in [0.3, 0.4) is 0 Å². The third-order valence-electron chi connectivity index (χ3n) is 5.23. The van der Waals surface area contributed by atoms with E-state index >= 15 is 0 Å². The van der Waals surface area contributed by atoms with Crippen LogP contribution in [0.4, 0.5) is 0 Å². The van der Waals surface area contributed by atoms with Crippen molar-refractivity contribution >= 4 is 11.8 Å². The van der Waals surface area contributed by atoms with Crippen LogP contribution >= 0.6 is 0 Å². The first-order valence-electron chi connectivity index (χ1n) is 9.22. The van der Waals surface area contributed by atoms with Crippen molar-refractivity contribution in [3.8, 4) is 0 Å². The lowest BCUT2D eigenvalue weighted by atomic mass is 9.97. The lowest BCUT2D eigenvalue weighted by Gasteiger charge is -2.40. The first-order valence-corrected chi connectivity index (χ1v) is 9.22. The van der Waals surface area contributed by atoms with Crippen molar-refractivity contribution in [2.75, 3.05) is 32.7 Å². The number of hydrogen-bond donors (Lipinski definition) is 0. The van der Waals surface area contributed by atoms with Gasteiger partial charge in [-0.2, -0.15) is 0 Å². The predicted octanol–water partition coefficient (Wildman–Crippen LogP) is 1.97. The summed E-state index contributed by atoms with van der Waals surface area (Å²) in [6.45, 7) is 12.0. The van der Waals surface area contributed by atoms with Gasteiger partial charge >= 0.3 is 0 Å². The molecule has 0 saturated carbocycles. The van der Waals surface area contributed by atoms with Crippen LogP contribution in [-0.4, -0.2) is 71.3 Å². The summed E-state index contributed by atoms with van der Waals surface area (Å²) in [4.78, 5) is 31.1. The maximum atomic E-state index is 12.7. The van der Waals surface area contributed by atoms with E-state index in [1.807, 2.05) is 18.7 Å². The fourth-order valence-corrected chi connectivity index (χ4v) is 3.90. The number of carbonyl (C=O) groups excluding carboxylic acids is 2. The quantitative estimate of drug-likeness (QED) is 0.797. The molecule has 2 heterocycles. The maximum absolute atomic E-state index is 12.7. The minimum atomic E-state index is 0.0539. The fraction of sp³-hybridized carbons (Fsp3) is 0.889. The van der Waals surface area contributed by atoms with Crippen LogP contribution in [0.5, 0.6) is 0 Å². The van der Waals surface area contributed by atoms with Crippen molar-refractivity contribution in [2.45, 2.75) is 65.5 Å². The summed E-state index contributed by atoms with van der Waals surface area (Å²) in [5.74, 6) is 0.544. The highest BCUT2D eigenvalue weighted by molar-refractivity contribution is 5.79. The highest BCUT2D eigenvalue weighted by Gasteiger charge is 2.30. The zero-order valence-corrected chi connectivity index (χ0v) is 15.3. The van der Waals surface area contributed by atoms with Crippen molar-refractivity contribution < 1.29 is 9.59 Å². The summed E-state index contributed by atoms with van der Waals surface area (Å²) in [5, 5.41) is 0. The van der Waals surface area contributed by atoms with E-state index in [1.54, 1.807) is 0 Å². The standard InChI is InChI=1S/C18H33N3O2/c1-14(2)18(23)20-10-6-9-19(11-12-20)13-17(22)21-15(3)7-5-8-16(21)4/h14-16H,5-13H2,1-4H3/t15-,16-/m1/s1. The molecule has 5 heteroatoms. The smallest absolute Gasteiger partial charge is 0.237 e. The van der Waals surface area contributed by atoms with Gasteiger partial charge in [0, 0.05) is 44.2 Å². The Labute approximate surface area is 141 Å². The largest absolute Gasteiger partial charge is 0.341 e. The van der Waals surface area contributed by atoms with Gasteiger partial charge in [-0.15, -0.1) is 0 Å². The molecule has 132 valence electrons. The van der Waals surface area contributed by atoms with Crippen LogP contribution in [0.15, 0.2) is 0 Å². The molecule has 2 amide bonds. The number of piperidine rings is 1. The average molecular weight is 323 g/mol. The molecule has 0 aliphatic carbocycles. The first kappa shape index (κ1) is 18.2. The van der Waals surface area contributed by atoms with Gasteiger partial charge in [0.1, 0.15) is 0 Å². The van der Waals surface area contributed by atoms with Gasteiger partial charge in [-0.3, -0.25) is 14.5 Å². The van der Waals surface area contributed by atoms with E-state index in [9.17, 15) is 9.59 Å². The van der Waals surface area contributed by atoms with Gasteiger partial charge in [-0.25, -0.2) is 0 Å². The van der Waals surface area contributed by atoms with Gasteiger partial charge in [0.05, 0.1) is 6.54 Å². The van der Waals surface area contributed by atoms with Gasteiger partial charge in [0.2, 0.25) is 11.8 Å². The highest BCUT2D eigenvalue weighted by atomic mass is 16.2. The molecule has 0 bridgehead atoms. The molecule has 2 atom stereocenters. The zero-order chi connectivity index (χ0) is 17.0. The summed E-state index contributed by atoms with van der Waals surface area (Å²) in [7, 11) is 0. The van der Waals surface area contributed by atoms with Crippen LogP contribution in [-0.2, 0) is 9.59 Å². The molecule has 0 unspecified atom stereocenters. The third kappa shape index (κ3) is 4.69. The lowest BCUT2D eigenvalue weighted by Crippen LogP contribution is -2.51. The van der Waals surface area contributed by atoms with E-state index in [-0.39, 0.29) is 17.7 Å². The number of amides is 2. The summed E-state index contributed by atoms with van der Waals surface area (Å²) < 4.78 is 0. The highest BCUT2D eigenvalue weighted by Crippen LogP contribution is 2.22. The van der Waals surface area contributed by atoms with E-state index in [4.69, 9.17) is 0 Å². The van der Waals surface area contributed by atoms with Crippen molar-refractivity contribution in [1.82, 2.24) is 14.7 Å². The molecule has 2 saturated heterocycles. The Bertz CT molecular complexity index is 414. The van der Waals surface area contributed by atoms with Crippen molar-refractivity contribution in [3.05, 3.63) is 0 Å². The Balaban J connectivity index is 1.88. The number of hydrogen-bond acceptors (Lipinski definition) is 3. The van der Waals surface area contributed by atoms with Crippen molar-refractivity contribution in [1.29, 1.82) is 0 Å². The molecule has 0 aromatic rings. The summed E-state index contributed by atoms with van der Waals surface area (Å²) >= 11 is 0. The fourth-order valence-electron chi connectivity index (χ4n) is 3.90. The minimum Gasteiger partial charge on any atom is -0.341 e. The summed E-state index contributed by atoms with van der Waals surface area (Å²) in [6.07, 6.45) is 4.42. The van der Waals surface area contributed by atoms with E-state index < -0.39 is 0 Å². The maximum Gasteiger partial charge on any atom is 0.237 e. The van der Waals surface area contributed by atoms with Gasteiger partial charge in [-0.1, -0.05) is 13.8 Å². The molecular formula is C18H33N3O2. The van der Waals surface area contributed by atoms with Crippen LogP contribution < -0.4 is 0 Å². The molecule has 2 fully saturated rings. The second-order valence-electron chi connectivity index (χ2n) is 7.54. The van der Waals surface area contributed by atoms with Crippen molar-refractivity contribution in [3.63, 3.8) is 0 Å². The predicted molar refractivity (Wildman–Crippen MR) is 92.1 cm³/mol. The second kappa shape index (κ2) is 8.13. The minimum absolute atomic E-state index is 0.0539. The van der Waals surface area contributed by atoms with E-state index in [0.717, 1.165) is 45.4 Å². The molecule has 0 radical (unpaired) electrons. The van der Waals surface area contributed by atoms with E-state index in [2.05, 4.69) is 23.6 Å². The van der Waals surface area contributed by atoms with Crippen LogP contribution in [0.2, 0.25) is 0 Å². The molecule has 2 aliphatic rings. The summed E-state index contributed by atoms with van der Waals surface area (Å²) in [6, 6.07) is 0.717. The first-order chi connectivity index (χ1) is 10.9. The lowest BCUT2D eigenvalue weighted by molar-refractivity contribution is -0.138. The normalized spacial score (nSPS) is 27.2. The second-order valence-corrected chi connectivity index (χ2v) is 7.54. The molecular weight excluding hydrogens is 290 g/mol.